The molecule has 2 heterocycles. The molecule has 0 spiro atoms. The normalized spacial score (nSPS) is 15.4. The summed E-state index contributed by atoms with van der Waals surface area (Å²) in [4.78, 5) is 29.3. The molecule has 3 aromatic carbocycles. The highest BCUT2D eigenvalue weighted by atomic mass is 16.4. The molecule has 0 atom stereocenters. The molecule has 1 aliphatic heterocycles. The van der Waals surface area contributed by atoms with E-state index < -0.39 is 17.5 Å². The smallest absolute Gasteiger partial charge is 0.255 e. The Balaban J connectivity index is 1.68. The largest absolute Gasteiger partial charge is 0.530 e. The summed E-state index contributed by atoms with van der Waals surface area (Å²) in [7, 11) is 0. The molecule has 0 aliphatic carbocycles. The Kier molecular flexibility index (Phi) is 6.02. The molecule has 4 aromatic rings. The maximum absolute atomic E-state index is 12.6. The molecule has 0 unspecified atom stereocenters. The highest BCUT2D eigenvalue weighted by Gasteiger charge is 2.38. The third-order valence-electron chi connectivity index (χ3n) is 6.45. The van der Waals surface area contributed by atoms with E-state index in [1.165, 1.54) is 0 Å². The van der Waals surface area contributed by atoms with Crippen LogP contribution >= 0.6 is 0 Å². The van der Waals surface area contributed by atoms with E-state index in [1.807, 2.05) is 60.8 Å². The van der Waals surface area contributed by atoms with E-state index in [2.05, 4.69) is 45.9 Å². The Morgan fingerprint density at radius 3 is 1.86 bits per heavy atom. The summed E-state index contributed by atoms with van der Waals surface area (Å²) < 4.78 is 2.06. The van der Waals surface area contributed by atoms with Crippen molar-refractivity contribution in [3.8, 4) is 0 Å². The number of carbonyl (C=O) groups is 2. The van der Waals surface area contributed by atoms with Crippen LogP contribution in [-0.4, -0.2) is 33.0 Å². The van der Waals surface area contributed by atoms with Crippen LogP contribution in [0, 0.1) is 0 Å². The zero-order valence-corrected chi connectivity index (χ0v) is 19.1. The van der Waals surface area contributed by atoms with Crippen molar-refractivity contribution in [1.82, 2.24) is 14.5 Å². The lowest BCUT2D eigenvalue weighted by Crippen LogP contribution is -2.48. The van der Waals surface area contributed by atoms with Gasteiger partial charge in [0.2, 0.25) is 0 Å². The summed E-state index contributed by atoms with van der Waals surface area (Å²) >= 11 is 0. The number of benzene rings is 3. The van der Waals surface area contributed by atoms with Crippen LogP contribution in [0.2, 0.25) is 0 Å². The van der Waals surface area contributed by atoms with Gasteiger partial charge in [0, 0.05) is 18.3 Å². The van der Waals surface area contributed by atoms with E-state index in [-0.39, 0.29) is 6.54 Å². The van der Waals surface area contributed by atoms with Gasteiger partial charge in [-0.2, -0.15) is 0 Å². The number of piperidine rings is 1. The molecule has 174 valence electrons. The van der Waals surface area contributed by atoms with E-state index in [0.717, 1.165) is 21.6 Å². The topological polar surface area (TPSA) is 78.3 Å². The molecule has 2 amide bonds. The maximum atomic E-state index is 12.6. The number of imidazole rings is 1. The monoisotopic (exact) mass is 462 g/mol. The molecule has 1 aromatic heterocycles. The minimum absolute atomic E-state index is 0.159. The third-order valence-corrected chi connectivity index (χ3v) is 6.45. The highest BCUT2D eigenvalue weighted by Crippen LogP contribution is 2.40. The molecule has 0 bridgehead atoms. The summed E-state index contributed by atoms with van der Waals surface area (Å²) in [6, 6.07) is 30.7. The van der Waals surface area contributed by atoms with Crippen molar-refractivity contribution in [1.29, 1.82) is 0 Å². The Bertz CT molecular complexity index is 1270. The molecule has 5 rings (SSSR count). The van der Waals surface area contributed by atoms with Gasteiger partial charge in [0.05, 0.1) is 12.0 Å². The summed E-state index contributed by atoms with van der Waals surface area (Å²) in [6.45, 7) is 0.159. The molecule has 6 nitrogen and oxygen atoms in total. The van der Waals surface area contributed by atoms with E-state index >= 15 is 0 Å². The first-order valence-corrected chi connectivity index (χ1v) is 11.5. The summed E-state index contributed by atoms with van der Waals surface area (Å²) in [6.07, 6.45) is 4.95. The van der Waals surface area contributed by atoms with Crippen LogP contribution in [0.5, 0.6) is 0 Å². The van der Waals surface area contributed by atoms with E-state index in [4.69, 9.17) is 0 Å². The second kappa shape index (κ2) is 9.43. The number of aromatic nitrogens is 2. The standard InChI is InChI=1S/C29H25N3O3/c33-27-22(11-10-18-32(27)28(34)35)19-26-20-31(21-30-26)29(23-12-4-1-5-13-23,24-14-6-2-7-15-24)25-16-8-3-9-17-25/h1-9,12-17,19-21H,10-11,18H2,(H,34,35)/p-1/b22-19-. The van der Waals surface area contributed by atoms with Gasteiger partial charge in [-0.05, 0) is 35.6 Å². The van der Waals surface area contributed by atoms with Crippen LogP contribution in [0.3, 0.4) is 0 Å². The fraction of sp³-hybridized carbons (Fsp3) is 0.138. The lowest BCUT2D eigenvalue weighted by molar-refractivity contribution is -0.263. The van der Waals surface area contributed by atoms with Crippen LogP contribution in [-0.2, 0) is 10.3 Å². The third kappa shape index (κ3) is 4.04. The van der Waals surface area contributed by atoms with Gasteiger partial charge >= 0.3 is 0 Å². The number of likely N-dealkylation sites (tertiary alicyclic amines) is 1. The van der Waals surface area contributed by atoms with Crippen LogP contribution in [0.1, 0.15) is 35.2 Å². The number of hydrogen-bond donors (Lipinski definition) is 0. The molecule has 6 heteroatoms. The highest BCUT2D eigenvalue weighted by molar-refractivity contribution is 6.04. The summed E-state index contributed by atoms with van der Waals surface area (Å²) in [5, 5.41) is 11.3. The predicted molar refractivity (Wildman–Crippen MR) is 131 cm³/mol. The quantitative estimate of drug-likeness (QED) is 0.331. The molecule has 0 saturated carbocycles. The molecule has 35 heavy (non-hydrogen) atoms. The number of carbonyl (C=O) groups excluding carboxylic acids is 2. The van der Waals surface area contributed by atoms with Crippen LogP contribution in [0.15, 0.2) is 109 Å². The van der Waals surface area contributed by atoms with Crippen molar-refractivity contribution in [3.63, 3.8) is 0 Å². The van der Waals surface area contributed by atoms with Gasteiger partial charge in [-0.25, -0.2) is 4.98 Å². The summed E-state index contributed by atoms with van der Waals surface area (Å²) in [5.41, 5.74) is 3.47. The lowest BCUT2D eigenvalue weighted by atomic mass is 9.77. The van der Waals surface area contributed by atoms with Gasteiger partial charge < -0.3 is 14.5 Å². The van der Waals surface area contributed by atoms with Crippen molar-refractivity contribution >= 4 is 18.1 Å². The van der Waals surface area contributed by atoms with Gasteiger partial charge in [0.1, 0.15) is 11.6 Å². The van der Waals surface area contributed by atoms with Crippen molar-refractivity contribution in [2.24, 2.45) is 0 Å². The zero-order chi connectivity index (χ0) is 24.3. The van der Waals surface area contributed by atoms with Gasteiger partial charge in [-0.3, -0.25) is 9.69 Å². The second-order valence-corrected chi connectivity index (χ2v) is 8.51. The van der Waals surface area contributed by atoms with Gasteiger partial charge in [-0.1, -0.05) is 91.0 Å². The SMILES string of the molecule is O=C([O-])N1CCC/C(=C/c2cn(C(c3ccccc3)(c3ccccc3)c3ccccc3)cn2)C1=O. The first kappa shape index (κ1) is 22.3. The minimum atomic E-state index is -1.47. The first-order chi connectivity index (χ1) is 17.1. The zero-order valence-electron chi connectivity index (χ0n) is 19.1. The Labute approximate surface area is 203 Å². The molecule has 0 radical (unpaired) electrons. The van der Waals surface area contributed by atoms with Crippen LogP contribution < -0.4 is 5.11 Å². The van der Waals surface area contributed by atoms with Gasteiger partial charge in [-0.15, -0.1) is 0 Å². The molecule has 1 aliphatic rings. The van der Waals surface area contributed by atoms with Crippen molar-refractivity contribution in [2.75, 3.05) is 6.54 Å². The minimum Gasteiger partial charge on any atom is -0.530 e. The van der Waals surface area contributed by atoms with Gasteiger partial charge in [0.15, 0.2) is 0 Å². The molecule has 0 N–H and O–H groups in total. The molecular weight excluding hydrogens is 438 g/mol. The second-order valence-electron chi connectivity index (χ2n) is 8.51. The first-order valence-electron chi connectivity index (χ1n) is 11.5. The number of imide groups is 1. The lowest BCUT2D eigenvalue weighted by Gasteiger charge is -2.37. The van der Waals surface area contributed by atoms with Crippen molar-refractivity contribution < 1.29 is 14.7 Å². The van der Waals surface area contributed by atoms with E-state index in [0.29, 0.717) is 24.1 Å². The number of carboxylic acid groups (broad SMARTS) is 1. The Morgan fingerprint density at radius 1 is 0.857 bits per heavy atom. The van der Waals surface area contributed by atoms with Crippen molar-refractivity contribution in [3.05, 3.63) is 131 Å². The van der Waals surface area contributed by atoms with Crippen molar-refractivity contribution in [2.45, 2.75) is 18.4 Å². The predicted octanol–water partition coefficient (Wildman–Crippen LogP) is 4.07. The number of rotatable bonds is 5. The molecule has 1 saturated heterocycles. The molecular formula is C29H24N3O3-. The number of amides is 2. The Hall–Kier alpha value is -4.45. The number of nitrogens with zero attached hydrogens (tertiary/aromatic N) is 3. The van der Waals surface area contributed by atoms with E-state index in [1.54, 1.807) is 12.4 Å². The summed E-state index contributed by atoms with van der Waals surface area (Å²) in [5.74, 6) is -0.536. The average molecular weight is 463 g/mol. The van der Waals surface area contributed by atoms with Gasteiger partial charge in [0.25, 0.3) is 5.91 Å². The van der Waals surface area contributed by atoms with Crippen LogP contribution in [0.25, 0.3) is 6.08 Å². The molecule has 1 fully saturated rings. The van der Waals surface area contributed by atoms with Crippen LogP contribution in [0.4, 0.5) is 4.79 Å². The van der Waals surface area contributed by atoms with E-state index in [9.17, 15) is 14.7 Å². The Morgan fingerprint density at radius 2 is 1.37 bits per heavy atom. The fourth-order valence-corrected chi connectivity index (χ4v) is 4.88. The average Bonchev–Trinajstić information content (AvgIpc) is 3.36. The fourth-order valence-electron chi connectivity index (χ4n) is 4.88. The maximum Gasteiger partial charge on any atom is 0.255 e. The number of hydrogen-bond acceptors (Lipinski definition) is 4.